The van der Waals surface area contributed by atoms with Gasteiger partial charge < -0.3 is 5.32 Å². The molecule has 0 amide bonds. The molecule has 1 saturated carbocycles. The monoisotopic (exact) mass is 231 g/mol. The minimum absolute atomic E-state index is 0.131. The lowest BCUT2D eigenvalue weighted by molar-refractivity contribution is 0.101. The maximum atomic E-state index is 11.3. The smallest absolute Gasteiger partial charge is 0.159 e. The molecule has 0 saturated heterocycles. The third kappa shape index (κ3) is 3.58. The number of carbonyl (C=O) groups excluding carboxylic acids is 1. The summed E-state index contributed by atoms with van der Waals surface area (Å²) in [6.07, 6.45) is 6.84. The summed E-state index contributed by atoms with van der Waals surface area (Å²) < 4.78 is 0. The number of anilines is 1. The molecule has 0 spiro atoms. The van der Waals surface area contributed by atoms with Crippen LogP contribution in [0.5, 0.6) is 0 Å². The molecule has 1 aliphatic carbocycles. The lowest BCUT2D eigenvalue weighted by atomic mass is 9.89. The van der Waals surface area contributed by atoms with Gasteiger partial charge in [-0.05, 0) is 37.8 Å². The zero-order valence-electron chi connectivity index (χ0n) is 10.5. The van der Waals surface area contributed by atoms with Crippen LogP contribution in [0.25, 0.3) is 0 Å². The molecule has 1 aromatic rings. The molecule has 2 rings (SSSR count). The first kappa shape index (κ1) is 12.2. The summed E-state index contributed by atoms with van der Waals surface area (Å²) in [5.41, 5.74) is 1.86. The molecule has 0 radical (unpaired) electrons. The van der Waals surface area contributed by atoms with E-state index >= 15 is 0 Å². The van der Waals surface area contributed by atoms with E-state index in [-0.39, 0.29) is 5.78 Å². The van der Waals surface area contributed by atoms with Gasteiger partial charge in [0.25, 0.3) is 0 Å². The molecule has 2 heteroatoms. The Bertz CT molecular complexity index is 380. The second kappa shape index (κ2) is 5.85. The molecular formula is C15H21NO. The van der Waals surface area contributed by atoms with Crippen molar-refractivity contribution in [1.29, 1.82) is 0 Å². The maximum Gasteiger partial charge on any atom is 0.159 e. The van der Waals surface area contributed by atoms with E-state index in [1.165, 1.54) is 32.1 Å². The second-order valence-electron chi connectivity index (χ2n) is 5.02. The SMILES string of the molecule is CC(=O)c1cccc(NCC2CCCCC2)c1. The standard InChI is InChI=1S/C15H21NO/c1-12(17)14-8-5-9-15(10-14)16-11-13-6-3-2-4-7-13/h5,8-10,13,16H,2-4,6-7,11H2,1H3. The maximum absolute atomic E-state index is 11.3. The van der Waals surface area contributed by atoms with Gasteiger partial charge in [0.1, 0.15) is 0 Å². The Morgan fingerprint density at radius 2 is 2.06 bits per heavy atom. The molecule has 17 heavy (non-hydrogen) atoms. The Balaban J connectivity index is 1.89. The van der Waals surface area contributed by atoms with E-state index in [0.717, 1.165) is 23.7 Å². The van der Waals surface area contributed by atoms with E-state index in [0.29, 0.717) is 0 Å². The number of hydrogen-bond acceptors (Lipinski definition) is 2. The van der Waals surface area contributed by atoms with E-state index in [4.69, 9.17) is 0 Å². The number of hydrogen-bond donors (Lipinski definition) is 1. The average molecular weight is 231 g/mol. The zero-order chi connectivity index (χ0) is 12.1. The number of benzene rings is 1. The van der Waals surface area contributed by atoms with Gasteiger partial charge in [0.05, 0.1) is 0 Å². The van der Waals surface area contributed by atoms with Crippen molar-refractivity contribution in [2.24, 2.45) is 5.92 Å². The van der Waals surface area contributed by atoms with E-state index in [1.54, 1.807) is 6.92 Å². The van der Waals surface area contributed by atoms with Crippen molar-refractivity contribution < 1.29 is 4.79 Å². The Kier molecular flexibility index (Phi) is 4.18. The molecule has 0 unspecified atom stereocenters. The Hall–Kier alpha value is -1.31. The normalized spacial score (nSPS) is 16.8. The van der Waals surface area contributed by atoms with Gasteiger partial charge in [-0.1, -0.05) is 31.4 Å². The number of Topliss-reactive ketones (excluding diaryl/α,β-unsaturated/α-hetero) is 1. The highest BCUT2D eigenvalue weighted by Crippen LogP contribution is 2.24. The third-order valence-electron chi connectivity index (χ3n) is 3.59. The fourth-order valence-corrected chi connectivity index (χ4v) is 2.50. The van der Waals surface area contributed by atoms with Crippen molar-refractivity contribution in [3.05, 3.63) is 29.8 Å². The van der Waals surface area contributed by atoms with Crippen LogP contribution in [-0.2, 0) is 0 Å². The summed E-state index contributed by atoms with van der Waals surface area (Å²) in [5.74, 6) is 0.941. The van der Waals surface area contributed by atoms with E-state index in [1.807, 2.05) is 24.3 Å². The lowest BCUT2D eigenvalue weighted by Gasteiger charge is -2.22. The summed E-state index contributed by atoms with van der Waals surface area (Å²) in [6.45, 7) is 2.65. The zero-order valence-corrected chi connectivity index (χ0v) is 10.5. The average Bonchev–Trinajstić information content (AvgIpc) is 2.38. The van der Waals surface area contributed by atoms with Crippen LogP contribution in [0.15, 0.2) is 24.3 Å². The molecule has 0 aromatic heterocycles. The Labute approximate surface area is 103 Å². The minimum atomic E-state index is 0.131. The first-order chi connectivity index (χ1) is 8.25. The lowest BCUT2D eigenvalue weighted by Crippen LogP contribution is -2.17. The highest BCUT2D eigenvalue weighted by Gasteiger charge is 2.12. The summed E-state index contributed by atoms with van der Waals surface area (Å²) >= 11 is 0. The molecule has 2 nitrogen and oxygen atoms in total. The first-order valence-corrected chi connectivity index (χ1v) is 6.60. The van der Waals surface area contributed by atoms with Crippen molar-refractivity contribution in [3.8, 4) is 0 Å². The van der Waals surface area contributed by atoms with E-state index < -0.39 is 0 Å². The van der Waals surface area contributed by atoms with Gasteiger partial charge in [-0.3, -0.25) is 4.79 Å². The van der Waals surface area contributed by atoms with Crippen LogP contribution in [0.4, 0.5) is 5.69 Å². The third-order valence-corrected chi connectivity index (χ3v) is 3.59. The summed E-state index contributed by atoms with van der Waals surface area (Å²) in [4.78, 5) is 11.3. The number of nitrogens with one attached hydrogen (secondary N) is 1. The highest BCUT2D eigenvalue weighted by atomic mass is 16.1. The van der Waals surface area contributed by atoms with Crippen molar-refractivity contribution in [2.75, 3.05) is 11.9 Å². The van der Waals surface area contributed by atoms with Gasteiger partial charge >= 0.3 is 0 Å². The second-order valence-corrected chi connectivity index (χ2v) is 5.02. The van der Waals surface area contributed by atoms with Crippen LogP contribution in [0, 0.1) is 5.92 Å². The number of rotatable bonds is 4. The summed E-state index contributed by atoms with van der Waals surface area (Å²) in [7, 11) is 0. The fourth-order valence-electron chi connectivity index (χ4n) is 2.50. The molecule has 1 N–H and O–H groups in total. The van der Waals surface area contributed by atoms with Crippen LogP contribution in [-0.4, -0.2) is 12.3 Å². The highest BCUT2D eigenvalue weighted by molar-refractivity contribution is 5.94. The predicted octanol–water partition coefficient (Wildman–Crippen LogP) is 3.88. The Morgan fingerprint density at radius 1 is 1.29 bits per heavy atom. The van der Waals surface area contributed by atoms with Gasteiger partial charge in [0.15, 0.2) is 5.78 Å². The van der Waals surface area contributed by atoms with Crippen LogP contribution in [0.1, 0.15) is 49.4 Å². The van der Waals surface area contributed by atoms with E-state index in [2.05, 4.69) is 5.32 Å². The molecule has 0 heterocycles. The fraction of sp³-hybridized carbons (Fsp3) is 0.533. The molecule has 92 valence electrons. The number of carbonyl (C=O) groups is 1. The minimum Gasteiger partial charge on any atom is -0.385 e. The topological polar surface area (TPSA) is 29.1 Å². The van der Waals surface area contributed by atoms with Crippen molar-refractivity contribution in [2.45, 2.75) is 39.0 Å². The van der Waals surface area contributed by atoms with E-state index in [9.17, 15) is 4.79 Å². The van der Waals surface area contributed by atoms with Crippen molar-refractivity contribution in [3.63, 3.8) is 0 Å². The van der Waals surface area contributed by atoms with Crippen LogP contribution in [0.2, 0.25) is 0 Å². The quantitative estimate of drug-likeness (QED) is 0.797. The van der Waals surface area contributed by atoms with Gasteiger partial charge in [-0.25, -0.2) is 0 Å². The van der Waals surface area contributed by atoms with Crippen LogP contribution < -0.4 is 5.32 Å². The van der Waals surface area contributed by atoms with Gasteiger partial charge in [0, 0.05) is 17.8 Å². The van der Waals surface area contributed by atoms with Crippen LogP contribution in [0.3, 0.4) is 0 Å². The van der Waals surface area contributed by atoms with Crippen LogP contribution >= 0.6 is 0 Å². The molecular weight excluding hydrogens is 210 g/mol. The molecule has 0 bridgehead atoms. The predicted molar refractivity (Wildman–Crippen MR) is 71.5 cm³/mol. The van der Waals surface area contributed by atoms with Gasteiger partial charge in [-0.15, -0.1) is 0 Å². The molecule has 1 aliphatic rings. The number of ketones is 1. The molecule has 0 atom stereocenters. The largest absolute Gasteiger partial charge is 0.385 e. The van der Waals surface area contributed by atoms with Crippen molar-refractivity contribution in [1.82, 2.24) is 0 Å². The molecule has 0 aliphatic heterocycles. The summed E-state index contributed by atoms with van der Waals surface area (Å²) in [5, 5.41) is 3.46. The Morgan fingerprint density at radius 3 is 2.76 bits per heavy atom. The van der Waals surface area contributed by atoms with Crippen molar-refractivity contribution >= 4 is 11.5 Å². The first-order valence-electron chi connectivity index (χ1n) is 6.60. The molecule has 1 aromatic carbocycles. The van der Waals surface area contributed by atoms with Gasteiger partial charge in [-0.2, -0.15) is 0 Å². The molecule has 1 fully saturated rings. The van der Waals surface area contributed by atoms with Gasteiger partial charge in [0.2, 0.25) is 0 Å². The summed E-state index contributed by atoms with van der Waals surface area (Å²) in [6, 6.07) is 7.80.